The van der Waals surface area contributed by atoms with Crippen molar-refractivity contribution in [3.63, 3.8) is 0 Å². The monoisotopic (exact) mass is 385 g/mol. The lowest BCUT2D eigenvalue weighted by Gasteiger charge is -2.33. The lowest BCUT2D eigenvalue weighted by atomic mass is 10.2. The topological polar surface area (TPSA) is 69.7 Å². The molecule has 0 bridgehead atoms. The van der Waals surface area contributed by atoms with Crippen LogP contribution in [0.25, 0.3) is 0 Å². The molecule has 0 aliphatic carbocycles. The molecule has 1 saturated heterocycles. The number of unbranched alkanes of at least 4 members (excludes halogenated alkanes) is 2. The fraction of sp³-hybridized carbons (Fsp3) is 0.611. The van der Waals surface area contributed by atoms with E-state index in [1.54, 1.807) is 19.1 Å². The summed E-state index contributed by atoms with van der Waals surface area (Å²) in [5.74, 6) is -0.391. The second-order valence-electron chi connectivity index (χ2n) is 6.71. The van der Waals surface area contributed by atoms with Gasteiger partial charge in [0.25, 0.3) is 0 Å². The third-order valence-corrected chi connectivity index (χ3v) is 6.51. The standard InChI is InChI=1S/C18H28FN3O3S/c1-3-4-5-12-26(24,25)22-10-8-21(9-11-22)14-18(23)20-16-7-6-15(2)17(19)13-16/h6-7,13H,3-5,8-12,14H2,1-2H3,(H,20,23). The van der Waals surface area contributed by atoms with E-state index in [0.717, 1.165) is 12.8 Å². The molecule has 0 saturated carbocycles. The van der Waals surface area contributed by atoms with Crippen molar-refractivity contribution in [3.05, 3.63) is 29.6 Å². The number of hydrogen-bond acceptors (Lipinski definition) is 4. The van der Waals surface area contributed by atoms with Crippen LogP contribution in [0, 0.1) is 12.7 Å². The van der Waals surface area contributed by atoms with Crippen molar-refractivity contribution in [2.75, 3.05) is 43.8 Å². The first kappa shape index (κ1) is 20.8. The predicted octanol–water partition coefficient (Wildman–Crippen LogP) is 2.21. The maximum absolute atomic E-state index is 13.5. The second-order valence-corrected chi connectivity index (χ2v) is 8.80. The summed E-state index contributed by atoms with van der Waals surface area (Å²) in [6.07, 6.45) is 2.59. The SMILES string of the molecule is CCCCCS(=O)(=O)N1CCN(CC(=O)Nc2ccc(C)c(F)c2)CC1. The first-order valence-electron chi connectivity index (χ1n) is 9.08. The van der Waals surface area contributed by atoms with Gasteiger partial charge in [-0.1, -0.05) is 25.8 Å². The van der Waals surface area contributed by atoms with E-state index in [1.807, 2.05) is 11.8 Å². The molecule has 0 unspecified atom stereocenters. The summed E-state index contributed by atoms with van der Waals surface area (Å²) in [4.78, 5) is 14.0. The van der Waals surface area contributed by atoms with Crippen molar-refractivity contribution in [1.29, 1.82) is 0 Å². The number of piperazine rings is 1. The van der Waals surface area contributed by atoms with Crippen LogP contribution in [0.2, 0.25) is 0 Å². The third kappa shape index (κ3) is 6.03. The van der Waals surface area contributed by atoms with Gasteiger partial charge >= 0.3 is 0 Å². The summed E-state index contributed by atoms with van der Waals surface area (Å²) in [5.41, 5.74) is 0.953. The lowest BCUT2D eigenvalue weighted by Crippen LogP contribution is -2.50. The van der Waals surface area contributed by atoms with Crippen LogP contribution in [0.15, 0.2) is 18.2 Å². The zero-order valence-electron chi connectivity index (χ0n) is 15.5. The summed E-state index contributed by atoms with van der Waals surface area (Å²) in [5, 5.41) is 2.68. The van der Waals surface area contributed by atoms with Crippen molar-refractivity contribution in [2.24, 2.45) is 0 Å². The smallest absolute Gasteiger partial charge is 0.238 e. The summed E-state index contributed by atoms with van der Waals surface area (Å²) in [7, 11) is -3.20. The highest BCUT2D eigenvalue weighted by Gasteiger charge is 2.27. The van der Waals surface area contributed by atoms with Gasteiger partial charge in [-0.25, -0.2) is 12.8 Å². The quantitative estimate of drug-likeness (QED) is 0.697. The van der Waals surface area contributed by atoms with Gasteiger partial charge in [-0.2, -0.15) is 4.31 Å². The van der Waals surface area contributed by atoms with Crippen LogP contribution in [0.5, 0.6) is 0 Å². The van der Waals surface area contributed by atoms with Crippen molar-refractivity contribution >= 4 is 21.6 Å². The fourth-order valence-corrected chi connectivity index (χ4v) is 4.45. The largest absolute Gasteiger partial charge is 0.325 e. The number of halogens is 1. The van der Waals surface area contributed by atoms with Crippen molar-refractivity contribution in [2.45, 2.75) is 33.1 Å². The Labute approximate surface area is 155 Å². The van der Waals surface area contributed by atoms with Gasteiger partial charge in [0.1, 0.15) is 5.82 Å². The number of hydrogen-bond donors (Lipinski definition) is 1. The number of anilines is 1. The molecule has 1 N–H and O–H groups in total. The van der Waals surface area contributed by atoms with E-state index in [0.29, 0.717) is 43.9 Å². The lowest BCUT2D eigenvalue weighted by molar-refractivity contribution is -0.117. The van der Waals surface area contributed by atoms with E-state index >= 15 is 0 Å². The highest BCUT2D eigenvalue weighted by Crippen LogP contribution is 2.14. The molecule has 1 fully saturated rings. The molecule has 1 aliphatic heterocycles. The molecule has 1 aliphatic rings. The average molecular weight is 386 g/mol. The molecule has 26 heavy (non-hydrogen) atoms. The van der Waals surface area contributed by atoms with Crippen LogP contribution >= 0.6 is 0 Å². The zero-order valence-corrected chi connectivity index (χ0v) is 16.3. The minimum absolute atomic E-state index is 0.166. The van der Waals surface area contributed by atoms with Crippen LogP contribution in [0.4, 0.5) is 10.1 Å². The third-order valence-electron chi connectivity index (χ3n) is 4.55. The predicted molar refractivity (Wildman–Crippen MR) is 101 cm³/mol. The number of carbonyl (C=O) groups excluding carboxylic acids is 1. The summed E-state index contributed by atoms with van der Waals surface area (Å²) >= 11 is 0. The van der Waals surface area contributed by atoms with E-state index in [9.17, 15) is 17.6 Å². The summed E-state index contributed by atoms with van der Waals surface area (Å²) < 4.78 is 39.6. The molecule has 146 valence electrons. The zero-order chi connectivity index (χ0) is 19.2. The first-order valence-corrected chi connectivity index (χ1v) is 10.7. The van der Waals surface area contributed by atoms with Gasteiger partial charge < -0.3 is 5.32 Å². The Morgan fingerprint density at radius 1 is 1.19 bits per heavy atom. The van der Waals surface area contributed by atoms with Gasteiger partial charge in [-0.05, 0) is 31.0 Å². The van der Waals surface area contributed by atoms with Crippen LogP contribution in [-0.4, -0.2) is 62.0 Å². The van der Waals surface area contributed by atoms with E-state index in [1.165, 1.54) is 10.4 Å². The molecule has 0 atom stereocenters. The van der Waals surface area contributed by atoms with Crippen molar-refractivity contribution < 1.29 is 17.6 Å². The van der Waals surface area contributed by atoms with E-state index < -0.39 is 10.0 Å². The van der Waals surface area contributed by atoms with Crippen LogP contribution in [-0.2, 0) is 14.8 Å². The molecule has 1 aromatic carbocycles. The van der Waals surface area contributed by atoms with Gasteiger partial charge in [0, 0.05) is 31.9 Å². The van der Waals surface area contributed by atoms with E-state index in [4.69, 9.17) is 0 Å². The Morgan fingerprint density at radius 3 is 2.50 bits per heavy atom. The molecule has 6 nitrogen and oxygen atoms in total. The Kier molecular flexibility index (Phi) is 7.55. The number of nitrogens with zero attached hydrogens (tertiary/aromatic N) is 2. The number of benzene rings is 1. The van der Waals surface area contributed by atoms with Crippen molar-refractivity contribution in [3.8, 4) is 0 Å². The molecule has 0 spiro atoms. The highest BCUT2D eigenvalue weighted by atomic mass is 32.2. The fourth-order valence-electron chi connectivity index (χ4n) is 2.90. The molecular formula is C18H28FN3O3S. The molecular weight excluding hydrogens is 357 g/mol. The molecule has 8 heteroatoms. The second kappa shape index (κ2) is 9.43. The van der Waals surface area contributed by atoms with E-state index in [2.05, 4.69) is 5.32 Å². The van der Waals surface area contributed by atoms with Crippen LogP contribution in [0.1, 0.15) is 31.7 Å². The minimum Gasteiger partial charge on any atom is -0.325 e. The Hall–Kier alpha value is -1.51. The van der Waals surface area contributed by atoms with Gasteiger partial charge in [-0.3, -0.25) is 9.69 Å². The van der Waals surface area contributed by atoms with Crippen LogP contribution in [0.3, 0.4) is 0 Å². The molecule has 0 aromatic heterocycles. The van der Waals surface area contributed by atoms with Gasteiger partial charge in [0.15, 0.2) is 0 Å². The number of amides is 1. The molecule has 1 heterocycles. The number of rotatable bonds is 8. The average Bonchev–Trinajstić information content (AvgIpc) is 2.59. The molecule has 2 rings (SSSR count). The normalized spacial score (nSPS) is 16.6. The molecule has 0 radical (unpaired) electrons. The Balaban J connectivity index is 1.79. The highest BCUT2D eigenvalue weighted by molar-refractivity contribution is 7.89. The molecule has 1 aromatic rings. The number of aryl methyl sites for hydroxylation is 1. The maximum Gasteiger partial charge on any atom is 0.238 e. The maximum atomic E-state index is 13.5. The Bertz CT molecular complexity index is 716. The van der Waals surface area contributed by atoms with Crippen molar-refractivity contribution in [1.82, 2.24) is 9.21 Å². The summed E-state index contributed by atoms with van der Waals surface area (Å²) in [6.45, 7) is 5.71. The summed E-state index contributed by atoms with van der Waals surface area (Å²) in [6, 6.07) is 4.58. The first-order chi connectivity index (χ1) is 12.3. The molecule has 1 amide bonds. The van der Waals surface area contributed by atoms with E-state index in [-0.39, 0.29) is 24.0 Å². The minimum atomic E-state index is -3.20. The van der Waals surface area contributed by atoms with Gasteiger partial charge in [-0.15, -0.1) is 0 Å². The Morgan fingerprint density at radius 2 is 1.88 bits per heavy atom. The van der Waals surface area contributed by atoms with Gasteiger partial charge in [0.2, 0.25) is 15.9 Å². The van der Waals surface area contributed by atoms with Gasteiger partial charge in [0.05, 0.1) is 12.3 Å². The van der Waals surface area contributed by atoms with Crippen LogP contribution < -0.4 is 5.32 Å². The number of sulfonamides is 1. The number of carbonyl (C=O) groups is 1. The number of nitrogens with one attached hydrogen (secondary N) is 1.